The second-order valence-electron chi connectivity index (χ2n) is 1.79. The molecule has 0 saturated carbocycles. The van der Waals surface area contributed by atoms with Gasteiger partial charge in [0, 0.05) is 11.0 Å². The van der Waals surface area contributed by atoms with E-state index in [9.17, 15) is 0 Å². The second-order valence-corrected chi connectivity index (χ2v) is 1.79. The van der Waals surface area contributed by atoms with E-state index in [2.05, 4.69) is 16.6 Å². The molecular formula is C6H11N3. The van der Waals surface area contributed by atoms with Crippen LogP contribution in [0.2, 0.25) is 0 Å². The van der Waals surface area contributed by atoms with Crippen molar-refractivity contribution in [3.8, 4) is 0 Å². The maximum absolute atomic E-state index is 8.02. The van der Waals surface area contributed by atoms with Crippen LogP contribution in [0, 0.1) is 0 Å². The smallest absolute Gasteiger partial charge is 0.0405 e. The van der Waals surface area contributed by atoms with Gasteiger partial charge in [0.25, 0.3) is 0 Å². The third kappa shape index (κ3) is 3.62. The van der Waals surface area contributed by atoms with Gasteiger partial charge in [-0.25, -0.2) is 0 Å². The van der Waals surface area contributed by atoms with Gasteiger partial charge >= 0.3 is 0 Å². The van der Waals surface area contributed by atoms with Gasteiger partial charge in [-0.3, -0.25) is 0 Å². The van der Waals surface area contributed by atoms with Gasteiger partial charge < -0.3 is 0 Å². The fourth-order valence-electron chi connectivity index (χ4n) is 0.561. The Hall–Kier alpha value is -0.950. The Kier molecular flexibility index (Phi) is 4.64. The van der Waals surface area contributed by atoms with Crippen molar-refractivity contribution in [1.82, 2.24) is 0 Å². The Balaban J connectivity index is 3.66. The Morgan fingerprint density at radius 3 is 2.89 bits per heavy atom. The first-order valence-electron chi connectivity index (χ1n) is 3.00. The highest BCUT2D eigenvalue weighted by Crippen LogP contribution is 2.02. The number of azide groups is 1. The van der Waals surface area contributed by atoms with Crippen LogP contribution in [0.4, 0.5) is 0 Å². The second kappa shape index (κ2) is 5.19. The highest BCUT2D eigenvalue weighted by molar-refractivity contribution is 4.76. The van der Waals surface area contributed by atoms with Crippen molar-refractivity contribution in [3.63, 3.8) is 0 Å². The molecule has 0 aromatic heterocycles. The predicted molar refractivity (Wildman–Crippen MR) is 38.0 cm³/mol. The van der Waals surface area contributed by atoms with Crippen molar-refractivity contribution < 1.29 is 0 Å². The third-order valence-corrected chi connectivity index (χ3v) is 1.12. The van der Waals surface area contributed by atoms with Crippen LogP contribution in [-0.4, -0.2) is 6.04 Å². The lowest BCUT2D eigenvalue weighted by Crippen LogP contribution is -1.97. The normalized spacial score (nSPS) is 11.7. The standard InChI is InChI=1S/C6H11N3/c1-3-5-6(4-2)8-9-7/h3,6H,1,4-5H2,2H3. The molecule has 0 heterocycles. The average Bonchev–Trinajstić information content (AvgIpc) is 1.88. The molecule has 0 aromatic carbocycles. The lowest BCUT2D eigenvalue weighted by molar-refractivity contribution is 0.655. The van der Waals surface area contributed by atoms with Crippen LogP contribution in [0.25, 0.3) is 10.4 Å². The lowest BCUT2D eigenvalue weighted by atomic mass is 10.2. The van der Waals surface area contributed by atoms with E-state index in [-0.39, 0.29) is 6.04 Å². The minimum Gasteiger partial charge on any atom is -0.103 e. The third-order valence-electron chi connectivity index (χ3n) is 1.12. The molecule has 0 bridgehead atoms. The molecule has 9 heavy (non-hydrogen) atoms. The molecule has 0 aliphatic carbocycles. The van der Waals surface area contributed by atoms with Crippen molar-refractivity contribution >= 4 is 0 Å². The van der Waals surface area contributed by atoms with Gasteiger partial charge in [-0.1, -0.05) is 18.1 Å². The Morgan fingerprint density at radius 1 is 1.89 bits per heavy atom. The highest BCUT2D eigenvalue weighted by atomic mass is 15.1. The van der Waals surface area contributed by atoms with Crippen LogP contribution in [0.1, 0.15) is 19.8 Å². The summed E-state index contributed by atoms with van der Waals surface area (Å²) in [6.07, 6.45) is 3.43. The summed E-state index contributed by atoms with van der Waals surface area (Å²) in [5, 5.41) is 3.54. The monoisotopic (exact) mass is 125 g/mol. The highest BCUT2D eigenvalue weighted by Gasteiger charge is 1.97. The number of nitrogens with zero attached hydrogens (tertiary/aromatic N) is 3. The fourth-order valence-corrected chi connectivity index (χ4v) is 0.561. The van der Waals surface area contributed by atoms with Gasteiger partial charge in [-0.05, 0) is 18.4 Å². The number of hydrogen-bond acceptors (Lipinski definition) is 1. The molecule has 3 heteroatoms. The van der Waals surface area contributed by atoms with Gasteiger partial charge in [0.1, 0.15) is 0 Å². The van der Waals surface area contributed by atoms with Crippen LogP contribution in [0.3, 0.4) is 0 Å². The molecule has 0 saturated heterocycles. The summed E-state index contributed by atoms with van der Waals surface area (Å²) in [6.45, 7) is 5.54. The quantitative estimate of drug-likeness (QED) is 0.240. The SMILES string of the molecule is C=CCC(CC)N=[N+]=[N-]. The van der Waals surface area contributed by atoms with E-state index in [4.69, 9.17) is 5.53 Å². The van der Waals surface area contributed by atoms with Crippen LogP contribution in [0.15, 0.2) is 17.8 Å². The van der Waals surface area contributed by atoms with Crippen molar-refractivity contribution in [2.24, 2.45) is 5.11 Å². The van der Waals surface area contributed by atoms with Gasteiger partial charge in [0.2, 0.25) is 0 Å². The van der Waals surface area contributed by atoms with Crippen molar-refractivity contribution in [2.75, 3.05) is 0 Å². The van der Waals surface area contributed by atoms with E-state index in [1.165, 1.54) is 0 Å². The van der Waals surface area contributed by atoms with Crippen molar-refractivity contribution in [1.29, 1.82) is 0 Å². The molecule has 1 unspecified atom stereocenters. The van der Waals surface area contributed by atoms with Crippen LogP contribution >= 0.6 is 0 Å². The zero-order valence-electron chi connectivity index (χ0n) is 5.62. The summed E-state index contributed by atoms with van der Waals surface area (Å²) in [6, 6.07) is 0.104. The number of hydrogen-bond donors (Lipinski definition) is 0. The molecule has 50 valence electrons. The first kappa shape index (κ1) is 8.05. The van der Waals surface area contributed by atoms with E-state index in [0.29, 0.717) is 0 Å². The summed E-state index contributed by atoms with van der Waals surface area (Å²) < 4.78 is 0. The maximum atomic E-state index is 8.02. The molecule has 0 fully saturated rings. The summed E-state index contributed by atoms with van der Waals surface area (Å²) in [4.78, 5) is 2.70. The van der Waals surface area contributed by atoms with Gasteiger partial charge in [0.05, 0.1) is 0 Å². The van der Waals surface area contributed by atoms with Gasteiger partial charge in [-0.15, -0.1) is 6.58 Å². The first-order valence-corrected chi connectivity index (χ1v) is 3.00. The van der Waals surface area contributed by atoms with Gasteiger partial charge in [0.15, 0.2) is 0 Å². The van der Waals surface area contributed by atoms with Crippen LogP contribution < -0.4 is 0 Å². The molecule has 0 aromatic rings. The molecule has 0 spiro atoms. The molecule has 1 atom stereocenters. The zero-order valence-corrected chi connectivity index (χ0v) is 5.62. The summed E-state index contributed by atoms with van der Waals surface area (Å²) in [5.74, 6) is 0. The van der Waals surface area contributed by atoms with E-state index < -0.39 is 0 Å². The fraction of sp³-hybridized carbons (Fsp3) is 0.667. The first-order chi connectivity index (χ1) is 4.35. The average molecular weight is 125 g/mol. The Bertz CT molecular complexity index is 124. The summed E-state index contributed by atoms with van der Waals surface area (Å²) in [7, 11) is 0. The van der Waals surface area contributed by atoms with Crippen LogP contribution in [0.5, 0.6) is 0 Å². The molecule has 3 nitrogen and oxygen atoms in total. The van der Waals surface area contributed by atoms with E-state index >= 15 is 0 Å². The molecule has 0 rings (SSSR count). The molecule has 0 N–H and O–H groups in total. The van der Waals surface area contributed by atoms with E-state index in [0.717, 1.165) is 12.8 Å². The molecule has 0 amide bonds. The molecule has 0 radical (unpaired) electrons. The lowest BCUT2D eigenvalue weighted by Gasteiger charge is -2.00. The summed E-state index contributed by atoms with van der Waals surface area (Å²) >= 11 is 0. The summed E-state index contributed by atoms with van der Waals surface area (Å²) in [5.41, 5.74) is 8.02. The van der Waals surface area contributed by atoms with E-state index in [1.54, 1.807) is 6.08 Å². The largest absolute Gasteiger partial charge is 0.103 e. The Morgan fingerprint density at radius 2 is 2.56 bits per heavy atom. The van der Waals surface area contributed by atoms with Gasteiger partial charge in [-0.2, -0.15) is 0 Å². The van der Waals surface area contributed by atoms with Crippen LogP contribution in [-0.2, 0) is 0 Å². The molecular weight excluding hydrogens is 114 g/mol. The van der Waals surface area contributed by atoms with E-state index in [1.807, 2.05) is 6.92 Å². The number of rotatable bonds is 4. The molecule has 0 aliphatic rings. The maximum Gasteiger partial charge on any atom is 0.0405 e. The van der Waals surface area contributed by atoms with Crippen molar-refractivity contribution in [3.05, 3.63) is 23.1 Å². The predicted octanol–water partition coefficient (Wildman–Crippen LogP) is 2.65. The molecule has 0 aliphatic heterocycles. The minimum absolute atomic E-state index is 0.104. The topological polar surface area (TPSA) is 48.8 Å². The minimum atomic E-state index is 0.104. The zero-order chi connectivity index (χ0) is 7.11. The Labute approximate surface area is 55.0 Å². The van der Waals surface area contributed by atoms with Crippen molar-refractivity contribution in [2.45, 2.75) is 25.8 Å².